The molecule has 112 valence electrons. The van der Waals surface area contributed by atoms with Crippen LogP contribution in [-0.4, -0.2) is 23.3 Å². The Labute approximate surface area is 120 Å². The summed E-state index contributed by atoms with van der Waals surface area (Å²) in [6.07, 6.45) is 1.69. The number of benzene rings is 1. The molecular formula is C16H24O4. The largest absolute Gasteiger partial charge is 0.487 e. The van der Waals surface area contributed by atoms with Crippen molar-refractivity contribution in [1.82, 2.24) is 0 Å². The molecular weight excluding hydrogens is 256 g/mol. The summed E-state index contributed by atoms with van der Waals surface area (Å²) in [5.74, 6) is 0.695. The Kier molecular flexibility index (Phi) is 6.36. The molecule has 0 bridgehead atoms. The van der Waals surface area contributed by atoms with Crippen molar-refractivity contribution in [3.8, 4) is 11.5 Å². The maximum atomic E-state index is 10.5. The van der Waals surface area contributed by atoms with E-state index < -0.39 is 5.97 Å². The predicted molar refractivity (Wildman–Crippen MR) is 78.5 cm³/mol. The van der Waals surface area contributed by atoms with E-state index in [4.69, 9.17) is 14.6 Å². The van der Waals surface area contributed by atoms with Crippen LogP contribution in [0.2, 0.25) is 0 Å². The molecule has 4 nitrogen and oxygen atoms in total. The number of rotatable bonds is 8. The molecule has 0 aromatic heterocycles. The highest BCUT2D eigenvalue weighted by Gasteiger charge is 2.10. The van der Waals surface area contributed by atoms with Crippen LogP contribution in [0.25, 0.3) is 0 Å². The van der Waals surface area contributed by atoms with Crippen molar-refractivity contribution >= 4 is 5.97 Å². The van der Waals surface area contributed by atoms with Gasteiger partial charge in [-0.15, -0.1) is 0 Å². The Bertz CT molecular complexity index is 438. The molecule has 0 aliphatic heterocycles. The smallest absolute Gasteiger partial charge is 0.303 e. The van der Waals surface area contributed by atoms with E-state index in [1.807, 2.05) is 45.9 Å². The molecule has 20 heavy (non-hydrogen) atoms. The van der Waals surface area contributed by atoms with Crippen LogP contribution in [0, 0.1) is 0 Å². The second-order valence-corrected chi connectivity index (χ2v) is 5.36. The summed E-state index contributed by atoms with van der Waals surface area (Å²) in [6, 6.07) is 5.81. The third-order valence-electron chi connectivity index (χ3n) is 2.59. The first-order valence-electron chi connectivity index (χ1n) is 7.06. The highest BCUT2D eigenvalue weighted by molar-refractivity contribution is 5.66. The molecule has 0 saturated carbocycles. The number of carbonyl (C=O) groups is 1. The van der Waals surface area contributed by atoms with Gasteiger partial charge in [-0.3, -0.25) is 4.79 Å². The normalized spacial score (nSPS) is 10.9. The van der Waals surface area contributed by atoms with E-state index >= 15 is 0 Å². The Morgan fingerprint density at radius 2 is 1.70 bits per heavy atom. The standard InChI is InChI=1S/C16H24O4/c1-11(2)19-14-9-8-13(6-5-7-16(17)18)10-15(14)20-12(3)4/h8-12H,5-7H2,1-4H3,(H,17,18). The van der Waals surface area contributed by atoms with Crippen LogP contribution in [0.4, 0.5) is 0 Å². The molecule has 1 aromatic carbocycles. The lowest BCUT2D eigenvalue weighted by Crippen LogP contribution is -2.11. The second-order valence-electron chi connectivity index (χ2n) is 5.36. The second kappa shape index (κ2) is 7.78. The molecule has 1 aromatic rings. The van der Waals surface area contributed by atoms with Crippen molar-refractivity contribution in [3.05, 3.63) is 23.8 Å². The third kappa shape index (κ3) is 5.95. The zero-order chi connectivity index (χ0) is 15.1. The van der Waals surface area contributed by atoms with Crippen molar-refractivity contribution in [3.63, 3.8) is 0 Å². The Hall–Kier alpha value is -1.71. The van der Waals surface area contributed by atoms with Gasteiger partial charge in [0.25, 0.3) is 0 Å². The fraction of sp³-hybridized carbons (Fsp3) is 0.562. The first kappa shape index (κ1) is 16.3. The molecule has 0 fully saturated rings. The van der Waals surface area contributed by atoms with Crippen molar-refractivity contribution < 1.29 is 19.4 Å². The lowest BCUT2D eigenvalue weighted by molar-refractivity contribution is -0.137. The first-order valence-corrected chi connectivity index (χ1v) is 7.06. The van der Waals surface area contributed by atoms with E-state index in [-0.39, 0.29) is 18.6 Å². The number of hydrogen-bond acceptors (Lipinski definition) is 3. The van der Waals surface area contributed by atoms with Crippen molar-refractivity contribution in [2.45, 2.75) is 59.2 Å². The summed E-state index contributed by atoms with van der Waals surface area (Å²) in [6.45, 7) is 7.88. The van der Waals surface area contributed by atoms with Gasteiger partial charge in [0, 0.05) is 6.42 Å². The van der Waals surface area contributed by atoms with Gasteiger partial charge in [-0.05, 0) is 58.2 Å². The zero-order valence-corrected chi connectivity index (χ0v) is 12.7. The number of aryl methyl sites for hydroxylation is 1. The third-order valence-corrected chi connectivity index (χ3v) is 2.59. The summed E-state index contributed by atoms with van der Waals surface area (Å²) in [7, 11) is 0. The van der Waals surface area contributed by atoms with Crippen LogP contribution < -0.4 is 9.47 Å². The van der Waals surface area contributed by atoms with Gasteiger partial charge in [0.1, 0.15) is 0 Å². The molecule has 1 rings (SSSR count). The van der Waals surface area contributed by atoms with Crippen LogP contribution in [0.15, 0.2) is 18.2 Å². The van der Waals surface area contributed by atoms with Gasteiger partial charge in [0.15, 0.2) is 11.5 Å². The van der Waals surface area contributed by atoms with E-state index in [0.29, 0.717) is 6.42 Å². The number of carboxylic acid groups (broad SMARTS) is 1. The first-order chi connectivity index (χ1) is 9.38. The number of hydrogen-bond donors (Lipinski definition) is 1. The zero-order valence-electron chi connectivity index (χ0n) is 12.7. The molecule has 0 spiro atoms. The monoisotopic (exact) mass is 280 g/mol. The Morgan fingerprint density at radius 1 is 1.10 bits per heavy atom. The van der Waals surface area contributed by atoms with Gasteiger partial charge in [0.05, 0.1) is 12.2 Å². The summed E-state index contributed by atoms with van der Waals surface area (Å²) in [5.41, 5.74) is 1.07. The lowest BCUT2D eigenvalue weighted by atomic mass is 10.1. The van der Waals surface area contributed by atoms with Gasteiger partial charge in [-0.1, -0.05) is 6.07 Å². The fourth-order valence-corrected chi connectivity index (χ4v) is 1.85. The van der Waals surface area contributed by atoms with Crippen LogP contribution in [0.5, 0.6) is 11.5 Å². The predicted octanol–water partition coefficient (Wildman–Crippen LogP) is 3.67. The summed E-state index contributed by atoms with van der Waals surface area (Å²) in [5, 5.41) is 8.66. The van der Waals surface area contributed by atoms with E-state index in [1.165, 1.54) is 0 Å². The van der Waals surface area contributed by atoms with Crippen LogP contribution in [0.1, 0.15) is 46.1 Å². The molecule has 0 aliphatic rings. The molecule has 0 aliphatic carbocycles. The summed E-state index contributed by atoms with van der Waals surface area (Å²) in [4.78, 5) is 10.5. The van der Waals surface area contributed by atoms with Crippen molar-refractivity contribution in [2.75, 3.05) is 0 Å². The van der Waals surface area contributed by atoms with Gasteiger partial charge in [-0.2, -0.15) is 0 Å². The molecule has 0 heterocycles. The SMILES string of the molecule is CC(C)Oc1ccc(CCCC(=O)O)cc1OC(C)C. The van der Waals surface area contributed by atoms with Crippen LogP contribution >= 0.6 is 0 Å². The molecule has 1 N–H and O–H groups in total. The van der Waals surface area contributed by atoms with Crippen LogP contribution in [0.3, 0.4) is 0 Å². The maximum Gasteiger partial charge on any atom is 0.303 e. The minimum Gasteiger partial charge on any atom is -0.487 e. The number of carboxylic acids is 1. The van der Waals surface area contributed by atoms with E-state index in [1.54, 1.807) is 0 Å². The van der Waals surface area contributed by atoms with Gasteiger partial charge < -0.3 is 14.6 Å². The maximum absolute atomic E-state index is 10.5. The fourth-order valence-electron chi connectivity index (χ4n) is 1.85. The van der Waals surface area contributed by atoms with Gasteiger partial charge >= 0.3 is 5.97 Å². The van der Waals surface area contributed by atoms with Crippen LogP contribution in [-0.2, 0) is 11.2 Å². The highest BCUT2D eigenvalue weighted by Crippen LogP contribution is 2.30. The Balaban J connectivity index is 2.80. The van der Waals surface area contributed by atoms with E-state index in [9.17, 15) is 4.79 Å². The minimum absolute atomic E-state index is 0.0683. The number of aliphatic carboxylic acids is 1. The highest BCUT2D eigenvalue weighted by atomic mass is 16.5. The van der Waals surface area contributed by atoms with Crippen molar-refractivity contribution in [1.29, 1.82) is 0 Å². The number of ether oxygens (including phenoxy) is 2. The average molecular weight is 280 g/mol. The molecule has 4 heteroatoms. The summed E-state index contributed by atoms with van der Waals surface area (Å²) >= 11 is 0. The molecule has 0 atom stereocenters. The van der Waals surface area contributed by atoms with E-state index in [0.717, 1.165) is 23.5 Å². The minimum atomic E-state index is -0.761. The quantitative estimate of drug-likeness (QED) is 0.789. The van der Waals surface area contributed by atoms with Crippen molar-refractivity contribution in [2.24, 2.45) is 0 Å². The molecule has 0 unspecified atom stereocenters. The topological polar surface area (TPSA) is 55.8 Å². The molecule has 0 radical (unpaired) electrons. The van der Waals surface area contributed by atoms with Gasteiger partial charge in [0.2, 0.25) is 0 Å². The van der Waals surface area contributed by atoms with Gasteiger partial charge in [-0.25, -0.2) is 0 Å². The average Bonchev–Trinajstić information content (AvgIpc) is 2.30. The molecule has 0 saturated heterocycles. The summed E-state index contributed by atoms with van der Waals surface area (Å²) < 4.78 is 11.5. The molecule has 0 amide bonds. The van der Waals surface area contributed by atoms with E-state index in [2.05, 4.69) is 0 Å². The lowest BCUT2D eigenvalue weighted by Gasteiger charge is -2.18. The Morgan fingerprint density at radius 3 is 2.25 bits per heavy atom.